The molecule has 1 aliphatic rings. The van der Waals surface area contributed by atoms with E-state index in [4.69, 9.17) is 9.84 Å². The van der Waals surface area contributed by atoms with Crippen LogP contribution in [0, 0.1) is 5.92 Å². The first kappa shape index (κ1) is 13.4. The highest BCUT2D eigenvalue weighted by atomic mass is 16.5. The van der Waals surface area contributed by atoms with Crippen molar-refractivity contribution in [1.82, 2.24) is 4.90 Å². The van der Waals surface area contributed by atoms with Gasteiger partial charge in [0, 0.05) is 19.5 Å². The van der Waals surface area contributed by atoms with Gasteiger partial charge >= 0.3 is 5.97 Å². The summed E-state index contributed by atoms with van der Waals surface area (Å²) in [6.07, 6.45) is 0.750. The third-order valence-electron chi connectivity index (χ3n) is 3.38. The minimum atomic E-state index is -0.827. The Morgan fingerprint density at radius 1 is 1.42 bits per heavy atom. The predicted molar refractivity (Wildman–Crippen MR) is 68.8 cm³/mol. The van der Waals surface area contributed by atoms with Crippen molar-refractivity contribution in [2.75, 3.05) is 13.7 Å². The van der Waals surface area contributed by atoms with Crippen molar-refractivity contribution in [3.8, 4) is 5.75 Å². The van der Waals surface area contributed by atoms with Gasteiger partial charge in [-0.15, -0.1) is 0 Å². The van der Waals surface area contributed by atoms with Crippen molar-refractivity contribution >= 4 is 11.9 Å². The van der Waals surface area contributed by atoms with Crippen LogP contribution in [0.4, 0.5) is 0 Å². The molecule has 1 aromatic rings. The number of likely N-dealkylation sites (tertiary alicyclic amines) is 1. The number of carbonyl (C=O) groups excluding carboxylic acids is 1. The molecule has 0 aliphatic carbocycles. The maximum Gasteiger partial charge on any atom is 0.308 e. The van der Waals surface area contributed by atoms with Gasteiger partial charge in [0.2, 0.25) is 5.91 Å². The summed E-state index contributed by atoms with van der Waals surface area (Å²) in [5.41, 5.74) is 0.972. The number of nitrogens with zero attached hydrogens (tertiary/aromatic N) is 1. The van der Waals surface area contributed by atoms with E-state index in [1.54, 1.807) is 12.0 Å². The van der Waals surface area contributed by atoms with Crippen LogP contribution in [0.2, 0.25) is 0 Å². The molecule has 1 fully saturated rings. The maximum absolute atomic E-state index is 11.8. The first-order valence-corrected chi connectivity index (χ1v) is 6.23. The number of ether oxygens (including phenoxy) is 1. The van der Waals surface area contributed by atoms with Gasteiger partial charge in [-0.25, -0.2) is 0 Å². The van der Waals surface area contributed by atoms with Gasteiger partial charge in [0.15, 0.2) is 0 Å². The van der Waals surface area contributed by atoms with E-state index in [0.29, 0.717) is 25.9 Å². The van der Waals surface area contributed by atoms with Gasteiger partial charge in [0.1, 0.15) is 5.75 Å². The SMILES string of the molecule is COc1ccc(CN2CC(C(=O)O)CCC2=O)cc1. The van der Waals surface area contributed by atoms with Gasteiger partial charge < -0.3 is 14.7 Å². The quantitative estimate of drug-likeness (QED) is 0.894. The van der Waals surface area contributed by atoms with Crippen LogP contribution >= 0.6 is 0 Å². The highest BCUT2D eigenvalue weighted by Crippen LogP contribution is 2.20. The summed E-state index contributed by atoms with van der Waals surface area (Å²) >= 11 is 0. The van der Waals surface area contributed by atoms with Gasteiger partial charge in [0.25, 0.3) is 0 Å². The molecule has 1 aromatic carbocycles. The number of carboxylic acid groups (broad SMARTS) is 1. The first-order chi connectivity index (χ1) is 9.10. The summed E-state index contributed by atoms with van der Waals surface area (Å²) < 4.78 is 5.07. The minimum absolute atomic E-state index is 0.0216. The van der Waals surface area contributed by atoms with Gasteiger partial charge in [-0.05, 0) is 24.1 Å². The van der Waals surface area contributed by atoms with E-state index < -0.39 is 11.9 Å². The van der Waals surface area contributed by atoms with Crippen molar-refractivity contribution in [1.29, 1.82) is 0 Å². The number of aliphatic carboxylic acids is 1. The van der Waals surface area contributed by atoms with Gasteiger partial charge in [-0.2, -0.15) is 0 Å². The van der Waals surface area contributed by atoms with Crippen LogP contribution in [0.25, 0.3) is 0 Å². The highest BCUT2D eigenvalue weighted by Gasteiger charge is 2.29. The Kier molecular flexibility index (Phi) is 4.04. The molecule has 1 unspecified atom stereocenters. The van der Waals surface area contributed by atoms with Crippen molar-refractivity contribution < 1.29 is 19.4 Å². The number of rotatable bonds is 4. The lowest BCUT2D eigenvalue weighted by Crippen LogP contribution is -2.41. The molecule has 0 aromatic heterocycles. The highest BCUT2D eigenvalue weighted by molar-refractivity contribution is 5.80. The summed E-state index contributed by atoms with van der Waals surface area (Å²) in [7, 11) is 1.60. The number of amides is 1. The van der Waals surface area contributed by atoms with Crippen LogP contribution in [0.1, 0.15) is 18.4 Å². The average molecular weight is 263 g/mol. The van der Waals surface area contributed by atoms with Gasteiger partial charge in [-0.3, -0.25) is 9.59 Å². The Balaban J connectivity index is 2.03. The van der Waals surface area contributed by atoms with Crippen LogP contribution < -0.4 is 4.74 Å². The largest absolute Gasteiger partial charge is 0.497 e. The molecule has 0 saturated carbocycles. The summed E-state index contributed by atoms with van der Waals surface area (Å²) in [5, 5.41) is 9.02. The fourth-order valence-corrected chi connectivity index (χ4v) is 2.22. The fourth-order valence-electron chi connectivity index (χ4n) is 2.22. The van der Waals surface area contributed by atoms with Crippen molar-refractivity contribution in [3.63, 3.8) is 0 Å². The van der Waals surface area contributed by atoms with E-state index in [-0.39, 0.29) is 5.91 Å². The normalized spacial score (nSPS) is 19.3. The Morgan fingerprint density at radius 3 is 2.68 bits per heavy atom. The molecule has 1 heterocycles. The lowest BCUT2D eigenvalue weighted by atomic mass is 9.97. The smallest absolute Gasteiger partial charge is 0.308 e. The van der Waals surface area contributed by atoms with Crippen LogP contribution in [0.15, 0.2) is 24.3 Å². The number of methoxy groups -OCH3 is 1. The monoisotopic (exact) mass is 263 g/mol. The Labute approximate surface area is 111 Å². The van der Waals surface area contributed by atoms with Gasteiger partial charge in [0.05, 0.1) is 13.0 Å². The second kappa shape index (κ2) is 5.73. The number of carbonyl (C=O) groups is 2. The molecule has 1 atom stereocenters. The molecule has 5 heteroatoms. The Morgan fingerprint density at radius 2 is 2.11 bits per heavy atom. The first-order valence-electron chi connectivity index (χ1n) is 6.23. The molecule has 1 N–H and O–H groups in total. The summed E-state index contributed by atoms with van der Waals surface area (Å²) in [5.74, 6) is -0.492. The standard InChI is InChI=1S/C14H17NO4/c1-19-12-5-2-10(3-6-12)8-15-9-11(14(17)18)4-7-13(15)16/h2-3,5-6,11H,4,7-9H2,1H3,(H,17,18). The van der Waals surface area contributed by atoms with Crippen LogP contribution in [0.5, 0.6) is 5.75 Å². The predicted octanol–water partition coefficient (Wildman–Crippen LogP) is 1.52. The Hall–Kier alpha value is -2.04. The van der Waals surface area contributed by atoms with Crippen LogP contribution in [-0.4, -0.2) is 35.5 Å². The molecule has 5 nitrogen and oxygen atoms in total. The van der Waals surface area contributed by atoms with Gasteiger partial charge in [-0.1, -0.05) is 12.1 Å². The molecular formula is C14H17NO4. The average Bonchev–Trinajstić information content (AvgIpc) is 2.42. The number of piperidine rings is 1. The molecule has 1 amide bonds. The third-order valence-corrected chi connectivity index (χ3v) is 3.38. The zero-order valence-corrected chi connectivity index (χ0v) is 10.8. The third kappa shape index (κ3) is 3.24. The molecular weight excluding hydrogens is 246 g/mol. The van der Waals surface area contributed by atoms with E-state index in [1.165, 1.54) is 0 Å². The van der Waals surface area contributed by atoms with E-state index in [9.17, 15) is 9.59 Å². The molecule has 0 radical (unpaired) electrons. The molecule has 0 bridgehead atoms. The van der Waals surface area contributed by atoms with E-state index >= 15 is 0 Å². The number of hydrogen-bond acceptors (Lipinski definition) is 3. The molecule has 2 rings (SSSR count). The van der Waals surface area contributed by atoms with E-state index in [1.807, 2.05) is 24.3 Å². The number of benzene rings is 1. The van der Waals surface area contributed by atoms with E-state index in [2.05, 4.69) is 0 Å². The van der Waals surface area contributed by atoms with Crippen molar-refractivity contribution in [2.24, 2.45) is 5.92 Å². The summed E-state index contributed by atoms with van der Waals surface area (Å²) in [4.78, 5) is 24.4. The Bertz CT molecular complexity index is 469. The number of carboxylic acids is 1. The lowest BCUT2D eigenvalue weighted by Gasteiger charge is -2.30. The maximum atomic E-state index is 11.8. The molecule has 1 aliphatic heterocycles. The fraction of sp³-hybridized carbons (Fsp3) is 0.429. The molecule has 102 valence electrons. The van der Waals surface area contributed by atoms with Crippen LogP contribution in [0.3, 0.4) is 0 Å². The van der Waals surface area contributed by atoms with Crippen LogP contribution in [-0.2, 0) is 16.1 Å². The summed E-state index contributed by atoms with van der Waals surface area (Å²) in [6, 6.07) is 7.43. The second-order valence-electron chi connectivity index (χ2n) is 4.70. The second-order valence-corrected chi connectivity index (χ2v) is 4.70. The lowest BCUT2D eigenvalue weighted by molar-refractivity contribution is -0.147. The zero-order chi connectivity index (χ0) is 13.8. The molecule has 19 heavy (non-hydrogen) atoms. The van der Waals surface area contributed by atoms with Crippen molar-refractivity contribution in [2.45, 2.75) is 19.4 Å². The topological polar surface area (TPSA) is 66.8 Å². The van der Waals surface area contributed by atoms with E-state index in [0.717, 1.165) is 11.3 Å². The number of hydrogen-bond donors (Lipinski definition) is 1. The molecule has 0 spiro atoms. The molecule has 1 saturated heterocycles. The zero-order valence-electron chi connectivity index (χ0n) is 10.8. The summed E-state index contributed by atoms with van der Waals surface area (Å²) in [6.45, 7) is 0.743. The minimum Gasteiger partial charge on any atom is -0.497 e. The van der Waals surface area contributed by atoms with Crippen molar-refractivity contribution in [3.05, 3.63) is 29.8 Å².